The fourth-order valence-electron chi connectivity index (χ4n) is 3.32. The van der Waals surface area contributed by atoms with E-state index in [4.69, 9.17) is 14.6 Å². The van der Waals surface area contributed by atoms with Crippen LogP contribution in [-0.2, 0) is 38.3 Å². The highest BCUT2D eigenvalue weighted by molar-refractivity contribution is 5.81. The molecule has 0 bridgehead atoms. The van der Waals surface area contributed by atoms with Gasteiger partial charge in [0.25, 0.3) is 0 Å². The third kappa shape index (κ3) is 6.71. The molecule has 2 aromatic carbocycles. The normalized spacial score (nSPS) is 10.3. The monoisotopic (exact) mass is 408 g/mol. The molecule has 30 heavy (non-hydrogen) atoms. The number of aryl methyl sites for hydroxylation is 1. The van der Waals surface area contributed by atoms with Crippen molar-refractivity contribution < 1.29 is 24.2 Å². The zero-order valence-electron chi connectivity index (χ0n) is 17.4. The number of carbonyl (C=O) groups excluding carboxylic acids is 2. The largest absolute Gasteiger partial charge is 0.462 e. The van der Waals surface area contributed by atoms with Gasteiger partial charge in [0, 0.05) is 31.6 Å². The number of aliphatic hydroxyl groups excluding tert-OH is 1. The van der Waals surface area contributed by atoms with E-state index in [1.807, 2.05) is 31.2 Å². The van der Waals surface area contributed by atoms with Gasteiger partial charge in [0.2, 0.25) is 0 Å². The van der Waals surface area contributed by atoms with E-state index in [2.05, 4.69) is 25.3 Å². The molecule has 0 fully saturated rings. The van der Waals surface area contributed by atoms with Crippen molar-refractivity contribution in [2.75, 3.05) is 19.8 Å². The summed E-state index contributed by atoms with van der Waals surface area (Å²) in [4.78, 5) is 22.8. The molecule has 0 aliphatic heterocycles. The van der Waals surface area contributed by atoms with Crippen LogP contribution in [0.2, 0.25) is 0 Å². The molecule has 0 atom stereocenters. The Morgan fingerprint density at radius 2 is 1.40 bits per heavy atom. The molecule has 0 aromatic heterocycles. The van der Waals surface area contributed by atoms with Crippen LogP contribution in [0.3, 0.4) is 0 Å². The Bertz CT molecular complexity index is 849. The average Bonchev–Trinajstić information content (AvgIpc) is 2.74. The van der Waals surface area contributed by atoms with E-state index in [0.717, 1.165) is 45.5 Å². The summed E-state index contributed by atoms with van der Waals surface area (Å²) in [6.45, 7) is 9.43. The molecular weight excluding hydrogens is 380 g/mol. The Hall–Kier alpha value is -3.18. The minimum atomic E-state index is -0.450. The summed E-state index contributed by atoms with van der Waals surface area (Å²) in [5, 5.41) is 9.15. The van der Waals surface area contributed by atoms with Crippen molar-refractivity contribution >= 4 is 11.9 Å². The second-order valence-corrected chi connectivity index (χ2v) is 6.87. The first-order valence-electron chi connectivity index (χ1n) is 9.89. The predicted molar refractivity (Wildman–Crippen MR) is 117 cm³/mol. The van der Waals surface area contributed by atoms with Gasteiger partial charge in [0.1, 0.15) is 0 Å². The summed E-state index contributed by atoms with van der Waals surface area (Å²) in [5.74, 6) is -0.900. The zero-order chi connectivity index (χ0) is 21.9. The SMILES string of the molecule is C=CC(=O)OCCc1cc(C)cc(CCOC(=O)C=C)c1-c1ccc(CCO)cc1. The summed E-state index contributed by atoms with van der Waals surface area (Å²) in [6.07, 6.45) is 4.00. The van der Waals surface area contributed by atoms with Gasteiger partial charge in [0.15, 0.2) is 0 Å². The maximum atomic E-state index is 11.4. The van der Waals surface area contributed by atoms with Gasteiger partial charge in [-0.25, -0.2) is 9.59 Å². The Morgan fingerprint density at radius 1 is 0.900 bits per heavy atom. The van der Waals surface area contributed by atoms with Crippen molar-refractivity contribution in [3.8, 4) is 11.1 Å². The number of ether oxygens (including phenoxy) is 2. The predicted octanol–water partition coefficient (Wildman–Crippen LogP) is 3.74. The van der Waals surface area contributed by atoms with E-state index in [0.29, 0.717) is 19.3 Å². The Kier molecular flexibility index (Phi) is 9.03. The van der Waals surface area contributed by atoms with E-state index >= 15 is 0 Å². The maximum absolute atomic E-state index is 11.4. The van der Waals surface area contributed by atoms with Crippen LogP contribution in [-0.4, -0.2) is 36.9 Å². The lowest BCUT2D eigenvalue weighted by Gasteiger charge is -2.17. The van der Waals surface area contributed by atoms with Gasteiger partial charge in [-0.05, 0) is 41.2 Å². The summed E-state index contributed by atoms with van der Waals surface area (Å²) in [5.41, 5.74) is 6.29. The number of hydrogen-bond acceptors (Lipinski definition) is 5. The standard InChI is InChI=1S/C25H28O5/c1-4-23(27)29-14-11-21-16-18(3)17-22(12-15-30-24(28)5-2)25(21)20-8-6-19(7-9-20)10-13-26/h4-9,16-17,26H,1-2,10-15H2,3H3. The molecule has 0 spiro atoms. The molecule has 158 valence electrons. The Morgan fingerprint density at radius 3 is 1.83 bits per heavy atom. The molecule has 2 rings (SSSR count). The van der Waals surface area contributed by atoms with Crippen LogP contribution in [0.5, 0.6) is 0 Å². The number of benzene rings is 2. The van der Waals surface area contributed by atoms with Gasteiger partial charge in [-0.2, -0.15) is 0 Å². The van der Waals surface area contributed by atoms with Crippen LogP contribution in [0.1, 0.15) is 22.3 Å². The molecule has 0 saturated heterocycles. The summed E-state index contributed by atoms with van der Waals surface area (Å²) in [6, 6.07) is 12.2. The lowest BCUT2D eigenvalue weighted by Crippen LogP contribution is -2.09. The third-order valence-corrected chi connectivity index (χ3v) is 4.65. The second-order valence-electron chi connectivity index (χ2n) is 6.87. The summed E-state index contributed by atoms with van der Waals surface area (Å²) < 4.78 is 10.4. The van der Waals surface area contributed by atoms with Gasteiger partial charge in [-0.1, -0.05) is 55.1 Å². The molecule has 0 aliphatic rings. The zero-order valence-corrected chi connectivity index (χ0v) is 17.4. The van der Waals surface area contributed by atoms with Gasteiger partial charge in [0.05, 0.1) is 13.2 Å². The third-order valence-electron chi connectivity index (χ3n) is 4.65. The number of hydrogen-bond donors (Lipinski definition) is 1. The fourth-order valence-corrected chi connectivity index (χ4v) is 3.32. The number of esters is 2. The fraction of sp³-hybridized carbons (Fsp3) is 0.280. The first-order valence-corrected chi connectivity index (χ1v) is 9.89. The van der Waals surface area contributed by atoms with Gasteiger partial charge in [-0.3, -0.25) is 0 Å². The van der Waals surface area contributed by atoms with Gasteiger partial charge >= 0.3 is 11.9 Å². The van der Waals surface area contributed by atoms with E-state index in [1.54, 1.807) is 0 Å². The summed E-state index contributed by atoms with van der Waals surface area (Å²) >= 11 is 0. The van der Waals surface area contributed by atoms with Crippen LogP contribution >= 0.6 is 0 Å². The van der Waals surface area contributed by atoms with Crippen LogP contribution in [0, 0.1) is 6.92 Å². The molecule has 5 nitrogen and oxygen atoms in total. The quantitative estimate of drug-likeness (QED) is 0.453. The summed E-state index contributed by atoms with van der Waals surface area (Å²) in [7, 11) is 0. The van der Waals surface area contributed by atoms with Crippen molar-refractivity contribution in [2.24, 2.45) is 0 Å². The molecule has 0 unspecified atom stereocenters. The first-order chi connectivity index (χ1) is 14.5. The highest BCUT2D eigenvalue weighted by atomic mass is 16.5. The lowest BCUT2D eigenvalue weighted by atomic mass is 9.89. The van der Waals surface area contributed by atoms with Crippen molar-refractivity contribution in [2.45, 2.75) is 26.2 Å². The average molecular weight is 408 g/mol. The van der Waals surface area contributed by atoms with Crippen LogP contribution in [0.15, 0.2) is 61.7 Å². The van der Waals surface area contributed by atoms with Crippen molar-refractivity contribution in [3.05, 3.63) is 84.0 Å². The molecular formula is C25H28O5. The molecule has 0 saturated carbocycles. The van der Waals surface area contributed by atoms with Crippen molar-refractivity contribution in [3.63, 3.8) is 0 Å². The topological polar surface area (TPSA) is 72.8 Å². The number of rotatable bonds is 11. The van der Waals surface area contributed by atoms with Gasteiger partial charge in [-0.15, -0.1) is 0 Å². The van der Waals surface area contributed by atoms with Crippen LogP contribution in [0.25, 0.3) is 11.1 Å². The van der Waals surface area contributed by atoms with E-state index in [9.17, 15) is 9.59 Å². The van der Waals surface area contributed by atoms with E-state index < -0.39 is 11.9 Å². The first kappa shape index (κ1) is 23.1. The minimum absolute atomic E-state index is 0.101. The molecule has 0 heterocycles. The minimum Gasteiger partial charge on any atom is -0.462 e. The van der Waals surface area contributed by atoms with Crippen molar-refractivity contribution in [1.82, 2.24) is 0 Å². The molecule has 0 amide bonds. The number of carbonyl (C=O) groups is 2. The second kappa shape index (κ2) is 11.7. The highest BCUT2D eigenvalue weighted by Crippen LogP contribution is 2.31. The van der Waals surface area contributed by atoms with Crippen LogP contribution in [0.4, 0.5) is 0 Å². The molecule has 0 aliphatic carbocycles. The smallest absolute Gasteiger partial charge is 0.330 e. The van der Waals surface area contributed by atoms with E-state index in [1.165, 1.54) is 0 Å². The molecule has 0 radical (unpaired) electrons. The van der Waals surface area contributed by atoms with Gasteiger partial charge < -0.3 is 14.6 Å². The molecule has 1 N–H and O–H groups in total. The number of aliphatic hydroxyl groups is 1. The van der Waals surface area contributed by atoms with Crippen molar-refractivity contribution in [1.29, 1.82) is 0 Å². The maximum Gasteiger partial charge on any atom is 0.330 e. The van der Waals surface area contributed by atoms with Crippen LogP contribution < -0.4 is 0 Å². The lowest BCUT2D eigenvalue weighted by molar-refractivity contribution is -0.138. The molecule has 5 heteroatoms. The van der Waals surface area contributed by atoms with E-state index in [-0.39, 0.29) is 19.8 Å². The molecule has 2 aromatic rings. The Labute approximate surface area is 177 Å². The Balaban J connectivity index is 2.37. The highest BCUT2D eigenvalue weighted by Gasteiger charge is 2.14.